The Kier molecular flexibility index (Phi) is 7.90. The fraction of sp³-hybridized carbons (Fsp3) is 0.250. The SMILES string of the molecule is Cc1cccc(NC(=O)CSCC(=O)OCC(=O)c2ccc(C)c([N+](=O)[O-])c2)c1. The van der Waals surface area contributed by atoms with E-state index >= 15 is 0 Å². The first-order chi connectivity index (χ1) is 13.8. The Morgan fingerprint density at radius 1 is 1.10 bits per heavy atom. The highest BCUT2D eigenvalue weighted by Crippen LogP contribution is 2.19. The van der Waals surface area contributed by atoms with E-state index < -0.39 is 23.3 Å². The number of anilines is 1. The van der Waals surface area contributed by atoms with Crippen molar-refractivity contribution in [2.75, 3.05) is 23.4 Å². The van der Waals surface area contributed by atoms with E-state index in [0.29, 0.717) is 11.3 Å². The zero-order valence-corrected chi connectivity index (χ0v) is 16.8. The van der Waals surface area contributed by atoms with Gasteiger partial charge in [0.15, 0.2) is 6.61 Å². The zero-order chi connectivity index (χ0) is 21.4. The third kappa shape index (κ3) is 7.04. The number of rotatable bonds is 9. The molecule has 0 aromatic heterocycles. The molecule has 0 heterocycles. The van der Waals surface area contributed by atoms with Gasteiger partial charge in [0.1, 0.15) is 0 Å². The van der Waals surface area contributed by atoms with Gasteiger partial charge in [-0.1, -0.05) is 24.3 Å². The molecule has 152 valence electrons. The number of Topliss-reactive ketones (excluding diaryl/α,β-unsaturated/α-hetero) is 1. The molecule has 29 heavy (non-hydrogen) atoms. The number of thioether (sulfide) groups is 1. The number of ketones is 1. The average molecular weight is 416 g/mol. The number of amides is 1. The maximum absolute atomic E-state index is 12.1. The first-order valence-electron chi connectivity index (χ1n) is 8.64. The lowest BCUT2D eigenvalue weighted by atomic mass is 10.1. The third-order valence-electron chi connectivity index (χ3n) is 3.85. The van der Waals surface area contributed by atoms with E-state index in [1.54, 1.807) is 13.0 Å². The Hall–Kier alpha value is -3.20. The topological polar surface area (TPSA) is 116 Å². The van der Waals surface area contributed by atoms with Gasteiger partial charge in [0.25, 0.3) is 5.69 Å². The highest BCUT2D eigenvalue weighted by Gasteiger charge is 2.16. The predicted octanol–water partition coefficient (Wildman–Crippen LogP) is 3.31. The lowest BCUT2D eigenvalue weighted by molar-refractivity contribution is -0.385. The summed E-state index contributed by atoms with van der Waals surface area (Å²) in [5, 5.41) is 13.7. The van der Waals surface area contributed by atoms with Crippen molar-refractivity contribution in [2.24, 2.45) is 0 Å². The number of aryl methyl sites for hydroxylation is 2. The Balaban J connectivity index is 1.74. The first kappa shape index (κ1) is 22.1. The molecule has 0 unspecified atom stereocenters. The molecule has 2 rings (SSSR count). The minimum atomic E-state index is -0.645. The molecule has 0 radical (unpaired) electrons. The number of nitrogens with one attached hydrogen (secondary N) is 1. The van der Waals surface area contributed by atoms with Crippen LogP contribution in [0.5, 0.6) is 0 Å². The monoisotopic (exact) mass is 416 g/mol. The molecule has 0 aliphatic heterocycles. The van der Waals surface area contributed by atoms with Gasteiger partial charge in [0.2, 0.25) is 11.7 Å². The second-order valence-electron chi connectivity index (χ2n) is 6.25. The Labute approximate surface area is 171 Å². The Morgan fingerprint density at radius 3 is 2.55 bits per heavy atom. The smallest absolute Gasteiger partial charge is 0.316 e. The number of hydrogen-bond donors (Lipinski definition) is 1. The van der Waals surface area contributed by atoms with E-state index in [-0.39, 0.29) is 28.7 Å². The van der Waals surface area contributed by atoms with Crippen LogP contribution >= 0.6 is 11.8 Å². The quantitative estimate of drug-likeness (QED) is 0.288. The summed E-state index contributed by atoms with van der Waals surface area (Å²) in [6.07, 6.45) is 0. The predicted molar refractivity (Wildman–Crippen MR) is 110 cm³/mol. The summed E-state index contributed by atoms with van der Waals surface area (Å²) < 4.78 is 4.89. The molecule has 8 nitrogen and oxygen atoms in total. The summed E-state index contributed by atoms with van der Waals surface area (Å²) in [5.74, 6) is -1.47. The number of ether oxygens (including phenoxy) is 1. The van der Waals surface area contributed by atoms with Crippen molar-refractivity contribution in [1.82, 2.24) is 0 Å². The van der Waals surface area contributed by atoms with E-state index in [1.807, 2.05) is 25.1 Å². The molecule has 1 amide bonds. The molecule has 0 saturated heterocycles. The van der Waals surface area contributed by atoms with E-state index in [2.05, 4.69) is 5.32 Å². The van der Waals surface area contributed by atoms with Crippen LogP contribution in [0.4, 0.5) is 11.4 Å². The number of esters is 1. The molecule has 2 aromatic carbocycles. The van der Waals surface area contributed by atoms with Gasteiger partial charge < -0.3 is 10.1 Å². The second-order valence-corrected chi connectivity index (χ2v) is 7.24. The molecule has 0 atom stereocenters. The summed E-state index contributed by atoms with van der Waals surface area (Å²) in [7, 11) is 0. The van der Waals surface area contributed by atoms with Crippen LogP contribution in [-0.2, 0) is 14.3 Å². The van der Waals surface area contributed by atoms with Gasteiger partial charge in [-0.05, 0) is 31.5 Å². The van der Waals surface area contributed by atoms with Crippen LogP contribution in [0, 0.1) is 24.0 Å². The van der Waals surface area contributed by atoms with Gasteiger partial charge in [-0.15, -0.1) is 11.8 Å². The molecule has 0 spiro atoms. The van der Waals surface area contributed by atoms with Crippen molar-refractivity contribution < 1.29 is 24.0 Å². The number of hydrogen-bond acceptors (Lipinski definition) is 7. The number of nitrogens with zero attached hydrogens (tertiary/aromatic N) is 1. The van der Waals surface area contributed by atoms with Crippen molar-refractivity contribution in [2.45, 2.75) is 13.8 Å². The summed E-state index contributed by atoms with van der Waals surface area (Å²) in [6, 6.07) is 11.4. The minimum absolute atomic E-state index is 0.0567. The molecule has 0 bridgehead atoms. The van der Waals surface area contributed by atoms with Crippen molar-refractivity contribution in [3.05, 3.63) is 69.3 Å². The molecule has 0 saturated carbocycles. The van der Waals surface area contributed by atoms with Crippen LogP contribution in [0.25, 0.3) is 0 Å². The molecule has 9 heteroatoms. The van der Waals surface area contributed by atoms with Crippen molar-refractivity contribution in [3.63, 3.8) is 0 Å². The van der Waals surface area contributed by atoms with Crippen LogP contribution in [0.1, 0.15) is 21.5 Å². The molecular weight excluding hydrogens is 396 g/mol. The largest absolute Gasteiger partial charge is 0.457 e. The zero-order valence-electron chi connectivity index (χ0n) is 16.0. The van der Waals surface area contributed by atoms with Crippen molar-refractivity contribution >= 4 is 40.8 Å². The molecule has 0 aliphatic rings. The molecule has 2 aromatic rings. The van der Waals surface area contributed by atoms with Crippen LogP contribution in [-0.4, -0.2) is 40.7 Å². The van der Waals surface area contributed by atoms with Crippen molar-refractivity contribution in [1.29, 1.82) is 0 Å². The van der Waals surface area contributed by atoms with Gasteiger partial charge in [-0.25, -0.2) is 0 Å². The summed E-state index contributed by atoms with van der Waals surface area (Å²) in [6.45, 7) is 2.96. The lowest BCUT2D eigenvalue weighted by Gasteiger charge is -2.07. The second kappa shape index (κ2) is 10.4. The number of nitro groups is 1. The van der Waals surface area contributed by atoms with Crippen LogP contribution in [0.2, 0.25) is 0 Å². The van der Waals surface area contributed by atoms with Gasteiger partial charge >= 0.3 is 5.97 Å². The Bertz CT molecular complexity index is 944. The molecular formula is C20H20N2O6S. The lowest BCUT2D eigenvalue weighted by Crippen LogP contribution is -2.18. The summed E-state index contributed by atoms with van der Waals surface area (Å²) in [5.41, 5.74) is 2.06. The Morgan fingerprint density at radius 2 is 1.86 bits per heavy atom. The third-order valence-corrected chi connectivity index (χ3v) is 4.75. The van der Waals surface area contributed by atoms with Gasteiger partial charge in [0, 0.05) is 22.9 Å². The fourth-order valence-electron chi connectivity index (χ4n) is 2.40. The van der Waals surface area contributed by atoms with Crippen LogP contribution < -0.4 is 5.32 Å². The highest BCUT2D eigenvalue weighted by atomic mass is 32.2. The molecule has 0 fully saturated rings. The standard InChI is InChI=1S/C20H20N2O6S/c1-13-4-3-5-16(8-13)21-19(24)11-29-12-20(25)28-10-18(23)15-7-6-14(2)17(9-15)22(26)27/h3-9H,10-12H2,1-2H3,(H,21,24). The summed E-state index contributed by atoms with van der Waals surface area (Å²) in [4.78, 5) is 46.1. The van der Waals surface area contributed by atoms with Crippen LogP contribution in [0.3, 0.4) is 0 Å². The van der Waals surface area contributed by atoms with Crippen LogP contribution in [0.15, 0.2) is 42.5 Å². The highest BCUT2D eigenvalue weighted by molar-refractivity contribution is 8.00. The van der Waals surface area contributed by atoms with E-state index in [0.717, 1.165) is 23.4 Å². The molecule has 1 N–H and O–H groups in total. The number of carbonyl (C=O) groups excluding carboxylic acids is 3. The van der Waals surface area contributed by atoms with Gasteiger partial charge in [-0.3, -0.25) is 24.5 Å². The van der Waals surface area contributed by atoms with Crippen molar-refractivity contribution in [3.8, 4) is 0 Å². The van der Waals surface area contributed by atoms with Gasteiger partial charge in [0.05, 0.1) is 16.4 Å². The molecule has 0 aliphatic carbocycles. The van der Waals surface area contributed by atoms with Gasteiger partial charge in [-0.2, -0.15) is 0 Å². The fourth-order valence-corrected chi connectivity index (χ4v) is 3.01. The van der Waals surface area contributed by atoms with E-state index in [4.69, 9.17) is 4.74 Å². The van der Waals surface area contributed by atoms with E-state index in [1.165, 1.54) is 12.1 Å². The maximum Gasteiger partial charge on any atom is 0.316 e. The summed E-state index contributed by atoms with van der Waals surface area (Å²) >= 11 is 1.06. The maximum atomic E-state index is 12.1. The normalized spacial score (nSPS) is 10.3. The number of carbonyl (C=O) groups is 3. The van der Waals surface area contributed by atoms with E-state index in [9.17, 15) is 24.5 Å². The average Bonchev–Trinajstić information content (AvgIpc) is 2.66. The first-order valence-corrected chi connectivity index (χ1v) is 9.80. The number of nitro benzene ring substituents is 1. The number of benzene rings is 2. The minimum Gasteiger partial charge on any atom is -0.457 e.